The molecule has 0 heterocycles. The Bertz CT molecular complexity index is 234. The minimum Gasteiger partial charge on any atom is -0.481 e. The van der Waals surface area contributed by atoms with E-state index in [0.29, 0.717) is 6.61 Å². The van der Waals surface area contributed by atoms with Crippen LogP contribution < -0.4 is 0 Å². The predicted octanol–water partition coefficient (Wildman–Crippen LogP) is 1.99. The average Bonchev–Trinajstić information content (AvgIpc) is 1.99. The summed E-state index contributed by atoms with van der Waals surface area (Å²) in [5.41, 5.74) is -0.520. The standard InChI is InChI=1S/C12H25NO3/c1-11(2,13(5)6)7-8-16-12(3,4)9-10(14)15/h7-9H2,1-6H3,(H,14,15). The van der Waals surface area contributed by atoms with Crippen molar-refractivity contribution in [1.29, 1.82) is 0 Å². The van der Waals surface area contributed by atoms with Gasteiger partial charge >= 0.3 is 5.97 Å². The van der Waals surface area contributed by atoms with Crippen LogP contribution >= 0.6 is 0 Å². The molecule has 0 fully saturated rings. The van der Waals surface area contributed by atoms with Crippen LogP contribution in [0, 0.1) is 0 Å². The normalized spacial score (nSPS) is 13.2. The van der Waals surface area contributed by atoms with E-state index in [-0.39, 0.29) is 12.0 Å². The number of rotatable bonds is 7. The molecule has 4 heteroatoms. The molecule has 0 radical (unpaired) electrons. The summed E-state index contributed by atoms with van der Waals surface area (Å²) in [4.78, 5) is 12.7. The second-order valence-corrected chi connectivity index (χ2v) is 5.64. The van der Waals surface area contributed by atoms with Crippen molar-refractivity contribution in [1.82, 2.24) is 4.90 Å². The smallest absolute Gasteiger partial charge is 0.306 e. The highest BCUT2D eigenvalue weighted by Crippen LogP contribution is 2.19. The van der Waals surface area contributed by atoms with Crippen LogP contribution in [-0.4, -0.2) is 47.8 Å². The average molecular weight is 231 g/mol. The molecule has 0 amide bonds. The molecule has 0 aromatic carbocycles. The third kappa shape index (κ3) is 6.08. The lowest BCUT2D eigenvalue weighted by atomic mass is 9.99. The summed E-state index contributed by atoms with van der Waals surface area (Å²) in [6.45, 7) is 8.47. The Morgan fingerprint density at radius 1 is 1.25 bits per heavy atom. The Kier molecular flexibility index (Phi) is 5.42. The van der Waals surface area contributed by atoms with Gasteiger partial charge in [0.25, 0.3) is 0 Å². The van der Waals surface area contributed by atoms with E-state index in [9.17, 15) is 4.79 Å². The first-order valence-electron chi connectivity index (χ1n) is 5.60. The van der Waals surface area contributed by atoms with Gasteiger partial charge in [-0.15, -0.1) is 0 Å². The summed E-state index contributed by atoms with van der Waals surface area (Å²) >= 11 is 0. The molecule has 0 aliphatic carbocycles. The number of aliphatic carboxylic acids is 1. The maximum Gasteiger partial charge on any atom is 0.306 e. The van der Waals surface area contributed by atoms with Crippen LogP contribution in [-0.2, 0) is 9.53 Å². The van der Waals surface area contributed by atoms with E-state index in [1.54, 1.807) is 0 Å². The maximum atomic E-state index is 10.6. The molecular formula is C12H25NO3. The predicted molar refractivity (Wildman–Crippen MR) is 64.7 cm³/mol. The van der Waals surface area contributed by atoms with Crippen molar-refractivity contribution < 1.29 is 14.6 Å². The highest BCUT2D eigenvalue weighted by Gasteiger charge is 2.25. The first-order valence-corrected chi connectivity index (χ1v) is 5.60. The number of carboxylic acids is 1. The minimum absolute atomic E-state index is 0.0371. The van der Waals surface area contributed by atoms with E-state index in [1.165, 1.54) is 0 Å². The molecule has 0 aromatic heterocycles. The summed E-state index contributed by atoms with van der Waals surface area (Å²) in [6.07, 6.45) is 0.915. The van der Waals surface area contributed by atoms with Crippen LogP contribution in [0.1, 0.15) is 40.5 Å². The van der Waals surface area contributed by atoms with Gasteiger partial charge in [0.05, 0.1) is 12.0 Å². The van der Waals surface area contributed by atoms with E-state index < -0.39 is 11.6 Å². The lowest BCUT2D eigenvalue weighted by molar-refractivity contribution is -0.144. The quantitative estimate of drug-likeness (QED) is 0.728. The Hall–Kier alpha value is -0.610. The summed E-state index contributed by atoms with van der Waals surface area (Å²) in [5, 5.41) is 8.71. The molecule has 0 aliphatic rings. The van der Waals surface area contributed by atoms with Gasteiger partial charge in [-0.1, -0.05) is 0 Å². The van der Waals surface area contributed by atoms with E-state index >= 15 is 0 Å². The lowest BCUT2D eigenvalue weighted by Crippen LogP contribution is -2.40. The van der Waals surface area contributed by atoms with E-state index in [1.807, 2.05) is 27.9 Å². The van der Waals surface area contributed by atoms with Gasteiger partial charge in [0.2, 0.25) is 0 Å². The molecule has 0 saturated carbocycles. The van der Waals surface area contributed by atoms with Crippen molar-refractivity contribution in [3.05, 3.63) is 0 Å². The van der Waals surface area contributed by atoms with Gasteiger partial charge in [-0.25, -0.2) is 0 Å². The minimum atomic E-state index is -0.822. The van der Waals surface area contributed by atoms with Crippen LogP contribution in [0.2, 0.25) is 0 Å². The molecule has 0 unspecified atom stereocenters. The van der Waals surface area contributed by atoms with Gasteiger partial charge in [0, 0.05) is 12.1 Å². The van der Waals surface area contributed by atoms with Gasteiger partial charge < -0.3 is 14.7 Å². The van der Waals surface area contributed by atoms with Gasteiger partial charge in [0.15, 0.2) is 0 Å². The fourth-order valence-electron chi connectivity index (χ4n) is 1.22. The van der Waals surface area contributed by atoms with Crippen molar-refractivity contribution in [3.8, 4) is 0 Å². The molecule has 0 aliphatic heterocycles. The van der Waals surface area contributed by atoms with Gasteiger partial charge in [-0.3, -0.25) is 4.79 Å². The van der Waals surface area contributed by atoms with Crippen molar-refractivity contribution in [2.24, 2.45) is 0 Å². The zero-order valence-corrected chi connectivity index (χ0v) is 11.3. The Morgan fingerprint density at radius 3 is 2.12 bits per heavy atom. The monoisotopic (exact) mass is 231 g/mol. The van der Waals surface area contributed by atoms with Crippen molar-refractivity contribution in [2.45, 2.75) is 51.7 Å². The number of hydrogen-bond donors (Lipinski definition) is 1. The van der Waals surface area contributed by atoms with Crippen molar-refractivity contribution >= 4 is 5.97 Å². The number of carboxylic acid groups (broad SMARTS) is 1. The second-order valence-electron chi connectivity index (χ2n) is 5.64. The van der Waals surface area contributed by atoms with E-state index in [2.05, 4.69) is 18.7 Å². The van der Waals surface area contributed by atoms with Crippen molar-refractivity contribution in [2.75, 3.05) is 20.7 Å². The number of nitrogens with zero attached hydrogens (tertiary/aromatic N) is 1. The fraction of sp³-hybridized carbons (Fsp3) is 0.917. The first kappa shape index (κ1) is 15.4. The summed E-state index contributed by atoms with van der Waals surface area (Å²) in [7, 11) is 4.06. The summed E-state index contributed by atoms with van der Waals surface area (Å²) in [5.74, 6) is -0.822. The third-order valence-corrected chi connectivity index (χ3v) is 2.99. The van der Waals surface area contributed by atoms with Crippen LogP contribution in [0.15, 0.2) is 0 Å². The molecule has 16 heavy (non-hydrogen) atoms. The van der Waals surface area contributed by atoms with E-state index in [4.69, 9.17) is 9.84 Å². The van der Waals surface area contributed by atoms with E-state index in [0.717, 1.165) is 6.42 Å². The molecule has 96 valence electrons. The molecule has 4 nitrogen and oxygen atoms in total. The Balaban J connectivity index is 4.02. The van der Waals surface area contributed by atoms with Gasteiger partial charge in [-0.05, 0) is 48.2 Å². The third-order valence-electron chi connectivity index (χ3n) is 2.99. The molecule has 0 atom stereocenters. The lowest BCUT2D eigenvalue weighted by Gasteiger charge is -2.34. The highest BCUT2D eigenvalue weighted by atomic mass is 16.5. The first-order chi connectivity index (χ1) is 7.07. The van der Waals surface area contributed by atoms with Crippen LogP contribution in [0.25, 0.3) is 0 Å². The number of ether oxygens (including phenoxy) is 1. The summed E-state index contributed by atoms with van der Waals surface area (Å²) < 4.78 is 5.62. The molecule has 0 aromatic rings. The topological polar surface area (TPSA) is 49.8 Å². The molecule has 1 N–H and O–H groups in total. The zero-order chi connectivity index (χ0) is 13.0. The van der Waals surface area contributed by atoms with Crippen LogP contribution in [0.5, 0.6) is 0 Å². The summed E-state index contributed by atoms with van der Waals surface area (Å²) in [6, 6.07) is 0. The van der Waals surface area contributed by atoms with Gasteiger partial charge in [-0.2, -0.15) is 0 Å². The van der Waals surface area contributed by atoms with Crippen LogP contribution in [0.4, 0.5) is 0 Å². The number of hydrogen-bond acceptors (Lipinski definition) is 3. The zero-order valence-electron chi connectivity index (χ0n) is 11.3. The molecule has 0 bridgehead atoms. The molecule has 0 rings (SSSR count). The SMILES string of the molecule is CN(C)C(C)(C)CCOC(C)(C)CC(=O)O. The number of carbonyl (C=O) groups is 1. The fourth-order valence-corrected chi connectivity index (χ4v) is 1.22. The van der Waals surface area contributed by atoms with Crippen molar-refractivity contribution in [3.63, 3.8) is 0 Å². The molecule has 0 spiro atoms. The Morgan fingerprint density at radius 2 is 1.75 bits per heavy atom. The Labute approximate surface area is 98.6 Å². The van der Waals surface area contributed by atoms with Crippen LogP contribution in [0.3, 0.4) is 0 Å². The maximum absolute atomic E-state index is 10.6. The highest BCUT2D eigenvalue weighted by molar-refractivity contribution is 5.67. The molecule has 0 saturated heterocycles. The second kappa shape index (κ2) is 5.64. The van der Waals surface area contributed by atoms with Gasteiger partial charge in [0.1, 0.15) is 0 Å². The molecular weight excluding hydrogens is 206 g/mol. The largest absolute Gasteiger partial charge is 0.481 e.